The van der Waals surface area contributed by atoms with Crippen LogP contribution in [0.3, 0.4) is 0 Å². The summed E-state index contributed by atoms with van der Waals surface area (Å²) in [5.74, 6) is 1.48. The van der Waals surface area contributed by atoms with Crippen molar-refractivity contribution in [2.24, 2.45) is 0 Å². The monoisotopic (exact) mass is 367 g/mol. The molecule has 7 heteroatoms. The molecule has 126 valence electrons. The van der Waals surface area contributed by atoms with Crippen LogP contribution in [0.2, 0.25) is 10.0 Å². The summed E-state index contributed by atoms with van der Waals surface area (Å²) in [5.41, 5.74) is 0.911. The van der Waals surface area contributed by atoms with Crippen molar-refractivity contribution in [3.05, 3.63) is 52.0 Å². The van der Waals surface area contributed by atoms with Gasteiger partial charge in [-0.05, 0) is 36.8 Å². The highest BCUT2D eigenvalue weighted by Crippen LogP contribution is 2.34. The second kappa shape index (κ2) is 7.20. The molecular weight excluding hydrogens is 353 g/mol. The van der Waals surface area contributed by atoms with Crippen molar-refractivity contribution in [1.29, 1.82) is 0 Å². The van der Waals surface area contributed by atoms with Crippen LogP contribution in [0, 0.1) is 0 Å². The number of rotatable bonds is 5. The first kappa shape index (κ1) is 16.7. The minimum Gasteiger partial charge on any atom is -0.482 e. The van der Waals surface area contributed by atoms with Crippen molar-refractivity contribution < 1.29 is 19.0 Å². The van der Waals surface area contributed by atoms with Gasteiger partial charge in [-0.2, -0.15) is 0 Å². The van der Waals surface area contributed by atoms with Gasteiger partial charge in [0.05, 0.1) is 11.1 Å². The maximum Gasteiger partial charge on any atom is 0.258 e. The molecule has 1 N–H and O–H groups in total. The van der Waals surface area contributed by atoms with E-state index in [1.807, 2.05) is 25.1 Å². The van der Waals surface area contributed by atoms with Gasteiger partial charge in [0.2, 0.25) is 6.79 Å². The zero-order valence-electron chi connectivity index (χ0n) is 12.8. The van der Waals surface area contributed by atoms with Crippen molar-refractivity contribution in [2.75, 3.05) is 13.4 Å². The van der Waals surface area contributed by atoms with Gasteiger partial charge in [-0.25, -0.2) is 0 Å². The standard InChI is InChI=1S/C17H15Cl2NO4/c1-10(11-2-5-14-16(6-11)24-9-23-14)20-17(21)8-22-15-7-12(18)3-4-13(15)19/h2-7,10H,8-9H2,1H3,(H,20,21). The number of benzene rings is 2. The van der Waals surface area contributed by atoms with Gasteiger partial charge in [0, 0.05) is 11.1 Å². The molecule has 0 saturated carbocycles. The maximum atomic E-state index is 12.1. The minimum atomic E-state index is -0.267. The number of halogens is 2. The van der Waals surface area contributed by atoms with Gasteiger partial charge in [-0.15, -0.1) is 0 Å². The summed E-state index contributed by atoms with van der Waals surface area (Å²) >= 11 is 11.9. The minimum absolute atomic E-state index is 0.158. The molecule has 1 amide bonds. The molecule has 1 heterocycles. The molecule has 0 radical (unpaired) electrons. The van der Waals surface area contributed by atoms with Crippen LogP contribution in [0.5, 0.6) is 17.2 Å². The molecule has 3 rings (SSSR count). The quantitative estimate of drug-likeness (QED) is 0.868. The Morgan fingerprint density at radius 2 is 2.00 bits per heavy atom. The van der Waals surface area contributed by atoms with Gasteiger partial charge in [0.25, 0.3) is 5.91 Å². The van der Waals surface area contributed by atoms with Crippen molar-refractivity contribution in [2.45, 2.75) is 13.0 Å². The van der Waals surface area contributed by atoms with Crippen LogP contribution in [0.15, 0.2) is 36.4 Å². The van der Waals surface area contributed by atoms with E-state index in [0.717, 1.165) is 5.56 Å². The van der Waals surface area contributed by atoms with Crippen molar-refractivity contribution in [3.8, 4) is 17.2 Å². The lowest BCUT2D eigenvalue weighted by molar-refractivity contribution is -0.123. The Kier molecular flexibility index (Phi) is 5.02. The SMILES string of the molecule is CC(NC(=O)COc1cc(Cl)ccc1Cl)c1ccc2c(c1)OCO2. The molecule has 1 unspecified atom stereocenters. The molecular formula is C17H15Cl2NO4. The zero-order chi connectivity index (χ0) is 17.1. The first-order chi connectivity index (χ1) is 11.5. The largest absolute Gasteiger partial charge is 0.482 e. The van der Waals surface area contributed by atoms with E-state index in [-0.39, 0.29) is 25.3 Å². The average Bonchev–Trinajstić information content (AvgIpc) is 3.03. The van der Waals surface area contributed by atoms with E-state index in [4.69, 9.17) is 37.4 Å². The van der Waals surface area contributed by atoms with E-state index in [0.29, 0.717) is 27.3 Å². The molecule has 1 aliphatic heterocycles. The molecule has 1 atom stereocenters. The fourth-order valence-electron chi connectivity index (χ4n) is 2.28. The number of hydrogen-bond acceptors (Lipinski definition) is 4. The molecule has 0 aromatic heterocycles. The van der Waals surface area contributed by atoms with E-state index >= 15 is 0 Å². The summed E-state index contributed by atoms with van der Waals surface area (Å²) in [6.07, 6.45) is 0. The van der Waals surface area contributed by atoms with E-state index in [1.54, 1.807) is 18.2 Å². The third-order valence-corrected chi connectivity index (χ3v) is 4.07. The lowest BCUT2D eigenvalue weighted by Crippen LogP contribution is -2.31. The van der Waals surface area contributed by atoms with Crippen LogP contribution in [0.25, 0.3) is 0 Å². The van der Waals surface area contributed by atoms with E-state index in [1.165, 1.54) is 0 Å². The molecule has 0 fully saturated rings. The average molecular weight is 368 g/mol. The Bertz CT molecular complexity index is 766. The molecule has 1 aliphatic rings. The predicted octanol–water partition coefficient (Wildman–Crippen LogP) is 3.98. The number of ether oxygens (including phenoxy) is 3. The Morgan fingerprint density at radius 1 is 1.21 bits per heavy atom. The van der Waals surface area contributed by atoms with Crippen molar-refractivity contribution in [3.63, 3.8) is 0 Å². The summed E-state index contributed by atoms with van der Waals surface area (Å²) in [4.78, 5) is 12.1. The van der Waals surface area contributed by atoms with Crippen LogP contribution in [-0.4, -0.2) is 19.3 Å². The topological polar surface area (TPSA) is 56.8 Å². The summed E-state index contributed by atoms with van der Waals surface area (Å²) in [7, 11) is 0. The highest BCUT2D eigenvalue weighted by atomic mass is 35.5. The van der Waals surface area contributed by atoms with Gasteiger partial charge < -0.3 is 19.5 Å². The van der Waals surface area contributed by atoms with Crippen LogP contribution < -0.4 is 19.5 Å². The molecule has 2 aromatic rings. The van der Waals surface area contributed by atoms with Gasteiger partial charge >= 0.3 is 0 Å². The second-order valence-corrected chi connectivity index (χ2v) is 6.11. The first-order valence-electron chi connectivity index (χ1n) is 7.29. The van der Waals surface area contributed by atoms with E-state index in [9.17, 15) is 4.79 Å². The van der Waals surface area contributed by atoms with Crippen LogP contribution in [-0.2, 0) is 4.79 Å². The van der Waals surface area contributed by atoms with Crippen LogP contribution in [0.1, 0.15) is 18.5 Å². The highest BCUT2D eigenvalue weighted by Gasteiger charge is 2.17. The number of carbonyl (C=O) groups is 1. The molecule has 0 spiro atoms. The molecule has 0 saturated heterocycles. The molecule has 0 bridgehead atoms. The fourth-order valence-corrected chi connectivity index (χ4v) is 2.61. The number of carbonyl (C=O) groups excluding carboxylic acids is 1. The summed E-state index contributed by atoms with van der Waals surface area (Å²) in [6, 6.07) is 10.2. The maximum absolute atomic E-state index is 12.1. The number of amides is 1. The predicted molar refractivity (Wildman–Crippen MR) is 91.1 cm³/mol. The van der Waals surface area contributed by atoms with Crippen molar-refractivity contribution in [1.82, 2.24) is 5.32 Å². The fraction of sp³-hybridized carbons (Fsp3) is 0.235. The normalized spacial score (nSPS) is 13.5. The Balaban J connectivity index is 1.57. The molecule has 2 aromatic carbocycles. The van der Waals surface area contributed by atoms with Gasteiger partial charge in [-0.3, -0.25) is 4.79 Å². The Labute approximate surface area is 149 Å². The Morgan fingerprint density at radius 3 is 2.83 bits per heavy atom. The summed E-state index contributed by atoms with van der Waals surface area (Å²) in [6.45, 7) is 1.94. The molecule has 5 nitrogen and oxygen atoms in total. The summed E-state index contributed by atoms with van der Waals surface area (Å²) in [5, 5.41) is 3.74. The number of nitrogens with one attached hydrogen (secondary N) is 1. The van der Waals surface area contributed by atoms with Crippen molar-refractivity contribution >= 4 is 29.1 Å². The third kappa shape index (κ3) is 3.86. The van der Waals surface area contributed by atoms with E-state index < -0.39 is 0 Å². The lowest BCUT2D eigenvalue weighted by Gasteiger charge is -2.15. The number of hydrogen-bond donors (Lipinski definition) is 1. The lowest BCUT2D eigenvalue weighted by atomic mass is 10.1. The second-order valence-electron chi connectivity index (χ2n) is 5.27. The summed E-state index contributed by atoms with van der Waals surface area (Å²) < 4.78 is 16.0. The zero-order valence-corrected chi connectivity index (χ0v) is 14.4. The van der Waals surface area contributed by atoms with E-state index in [2.05, 4.69) is 5.32 Å². The van der Waals surface area contributed by atoms with Crippen LogP contribution in [0.4, 0.5) is 0 Å². The van der Waals surface area contributed by atoms with Gasteiger partial charge in [0.1, 0.15) is 5.75 Å². The molecule has 0 aliphatic carbocycles. The molecule has 24 heavy (non-hydrogen) atoms. The van der Waals surface area contributed by atoms with Gasteiger partial charge in [0.15, 0.2) is 18.1 Å². The third-order valence-electron chi connectivity index (χ3n) is 3.53. The van der Waals surface area contributed by atoms with Gasteiger partial charge in [-0.1, -0.05) is 29.3 Å². The highest BCUT2D eigenvalue weighted by molar-refractivity contribution is 6.34. The first-order valence-corrected chi connectivity index (χ1v) is 8.05. The number of fused-ring (bicyclic) bond motifs is 1. The van der Waals surface area contributed by atoms with Crippen LogP contribution >= 0.6 is 23.2 Å². The smallest absolute Gasteiger partial charge is 0.258 e. The Hall–Kier alpha value is -2.11.